The van der Waals surface area contributed by atoms with Crippen molar-refractivity contribution < 1.29 is 0 Å². The maximum Gasteiger partial charge on any atom is 0.168 e. The zero-order chi connectivity index (χ0) is 14.5. The van der Waals surface area contributed by atoms with Crippen LogP contribution in [0.15, 0.2) is 41.3 Å². The van der Waals surface area contributed by atoms with Gasteiger partial charge >= 0.3 is 0 Å². The van der Waals surface area contributed by atoms with Gasteiger partial charge in [0.05, 0.1) is 5.71 Å². The van der Waals surface area contributed by atoms with Crippen LogP contribution in [0.25, 0.3) is 5.82 Å². The Kier molecular flexibility index (Phi) is 4.24. The Bertz CT molecular complexity index is 632. The molecule has 0 aliphatic carbocycles. The van der Waals surface area contributed by atoms with Crippen molar-refractivity contribution in [1.82, 2.24) is 19.7 Å². The maximum atomic E-state index is 4.21. The van der Waals surface area contributed by atoms with Gasteiger partial charge in [-0.05, 0) is 45.9 Å². The predicted octanol–water partition coefficient (Wildman–Crippen LogP) is 2.72. The third-order valence-electron chi connectivity index (χ3n) is 2.57. The Balaban J connectivity index is 2.10. The van der Waals surface area contributed by atoms with E-state index in [1.807, 2.05) is 56.7 Å². The standard InChI is InChI=1S/C14H18N6/c1-10(2)9-11(3)16-17-13-5-6-14(19-18-13)20-8-7-15-12(20)4/h5-9H,1-4H3,(H,17,18). The lowest BCUT2D eigenvalue weighted by molar-refractivity contribution is 0.880. The molecule has 104 valence electrons. The molecule has 0 aliphatic heterocycles. The van der Waals surface area contributed by atoms with Crippen molar-refractivity contribution in [1.29, 1.82) is 0 Å². The first-order valence-corrected chi connectivity index (χ1v) is 6.35. The summed E-state index contributed by atoms with van der Waals surface area (Å²) in [6.45, 7) is 7.90. The van der Waals surface area contributed by atoms with E-state index in [1.54, 1.807) is 6.20 Å². The summed E-state index contributed by atoms with van der Waals surface area (Å²) in [5.41, 5.74) is 4.97. The van der Waals surface area contributed by atoms with Crippen molar-refractivity contribution in [2.45, 2.75) is 27.7 Å². The second-order valence-electron chi connectivity index (χ2n) is 4.71. The van der Waals surface area contributed by atoms with Crippen LogP contribution in [-0.2, 0) is 0 Å². The summed E-state index contributed by atoms with van der Waals surface area (Å²) in [6, 6.07) is 3.71. The number of allylic oxidation sites excluding steroid dienone is 2. The van der Waals surface area contributed by atoms with Gasteiger partial charge in [-0.2, -0.15) is 5.10 Å². The Morgan fingerprint density at radius 1 is 1.25 bits per heavy atom. The summed E-state index contributed by atoms with van der Waals surface area (Å²) in [7, 11) is 0. The van der Waals surface area contributed by atoms with Crippen LogP contribution in [0.1, 0.15) is 26.6 Å². The fourth-order valence-corrected chi connectivity index (χ4v) is 1.73. The average molecular weight is 270 g/mol. The van der Waals surface area contributed by atoms with Crippen LogP contribution in [0.5, 0.6) is 0 Å². The Labute approximate surface area is 118 Å². The van der Waals surface area contributed by atoms with Crippen molar-refractivity contribution in [2.24, 2.45) is 5.10 Å². The molecule has 20 heavy (non-hydrogen) atoms. The van der Waals surface area contributed by atoms with Crippen molar-refractivity contribution in [2.75, 3.05) is 5.43 Å². The highest BCUT2D eigenvalue weighted by atomic mass is 15.4. The number of rotatable bonds is 4. The number of imidazole rings is 1. The molecule has 0 spiro atoms. The minimum absolute atomic E-state index is 0.605. The number of nitrogens with zero attached hydrogens (tertiary/aromatic N) is 5. The van der Waals surface area contributed by atoms with E-state index in [-0.39, 0.29) is 0 Å². The minimum Gasteiger partial charge on any atom is -0.287 e. The van der Waals surface area contributed by atoms with Crippen LogP contribution in [0, 0.1) is 6.92 Å². The van der Waals surface area contributed by atoms with E-state index in [4.69, 9.17) is 0 Å². The lowest BCUT2D eigenvalue weighted by Gasteiger charge is -2.04. The highest BCUT2D eigenvalue weighted by molar-refractivity contribution is 5.93. The van der Waals surface area contributed by atoms with Gasteiger partial charge in [0.15, 0.2) is 11.6 Å². The highest BCUT2D eigenvalue weighted by Gasteiger charge is 2.02. The molecule has 1 N–H and O–H groups in total. The van der Waals surface area contributed by atoms with E-state index in [0.29, 0.717) is 5.82 Å². The smallest absolute Gasteiger partial charge is 0.168 e. The molecule has 0 amide bonds. The van der Waals surface area contributed by atoms with Crippen LogP contribution in [-0.4, -0.2) is 25.5 Å². The quantitative estimate of drug-likeness (QED) is 0.685. The van der Waals surface area contributed by atoms with E-state index in [9.17, 15) is 0 Å². The number of aryl methyl sites for hydroxylation is 1. The zero-order valence-corrected chi connectivity index (χ0v) is 12.1. The van der Waals surface area contributed by atoms with Crippen molar-refractivity contribution in [3.8, 4) is 5.82 Å². The number of nitrogens with one attached hydrogen (secondary N) is 1. The van der Waals surface area contributed by atoms with E-state index in [2.05, 4.69) is 25.7 Å². The van der Waals surface area contributed by atoms with Crippen LogP contribution in [0.2, 0.25) is 0 Å². The SMILES string of the molecule is CC(C)=CC(C)=NNc1ccc(-n2ccnc2C)nn1. The number of aromatic nitrogens is 4. The van der Waals surface area contributed by atoms with Crippen LogP contribution in [0.4, 0.5) is 5.82 Å². The summed E-state index contributed by atoms with van der Waals surface area (Å²) in [5.74, 6) is 2.21. The minimum atomic E-state index is 0.605. The molecule has 0 radical (unpaired) electrons. The molecule has 0 aromatic carbocycles. The molecule has 0 atom stereocenters. The van der Waals surface area contributed by atoms with Crippen LogP contribution < -0.4 is 5.43 Å². The number of hydrogen-bond donors (Lipinski definition) is 1. The average Bonchev–Trinajstić information content (AvgIpc) is 2.82. The number of hydrogen-bond acceptors (Lipinski definition) is 5. The zero-order valence-electron chi connectivity index (χ0n) is 12.1. The van der Waals surface area contributed by atoms with Gasteiger partial charge in [0.2, 0.25) is 0 Å². The van der Waals surface area contributed by atoms with Gasteiger partial charge in [0.1, 0.15) is 5.82 Å². The monoisotopic (exact) mass is 270 g/mol. The molecule has 6 nitrogen and oxygen atoms in total. The molecule has 0 saturated heterocycles. The Morgan fingerprint density at radius 3 is 2.60 bits per heavy atom. The Morgan fingerprint density at radius 2 is 2.05 bits per heavy atom. The first kappa shape index (κ1) is 13.9. The summed E-state index contributed by atoms with van der Waals surface area (Å²) >= 11 is 0. The maximum absolute atomic E-state index is 4.21. The molecule has 0 fully saturated rings. The first-order valence-electron chi connectivity index (χ1n) is 6.35. The molecule has 0 unspecified atom stereocenters. The molecule has 0 bridgehead atoms. The molecular formula is C14H18N6. The van der Waals surface area contributed by atoms with Crippen LogP contribution in [0.3, 0.4) is 0 Å². The molecule has 2 heterocycles. The summed E-state index contributed by atoms with van der Waals surface area (Å²) in [6.07, 6.45) is 5.57. The third-order valence-corrected chi connectivity index (χ3v) is 2.57. The lowest BCUT2D eigenvalue weighted by atomic mass is 10.3. The van der Waals surface area contributed by atoms with Gasteiger partial charge in [0, 0.05) is 12.4 Å². The second-order valence-corrected chi connectivity index (χ2v) is 4.71. The fourth-order valence-electron chi connectivity index (χ4n) is 1.73. The van der Waals surface area contributed by atoms with E-state index in [0.717, 1.165) is 17.4 Å². The number of anilines is 1. The predicted molar refractivity (Wildman–Crippen MR) is 80.1 cm³/mol. The normalized spacial score (nSPS) is 11.3. The molecule has 0 saturated carbocycles. The summed E-state index contributed by atoms with van der Waals surface area (Å²) in [4.78, 5) is 4.15. The van der Waals surface area contributed by atoms with Gasteiger partial charge < -0.3 is 0 Å². The first-order chi connectivity index (χ1) is 9.56. The van der Waals surface area contributed by atoms with Gasteiger partial charge in [0.25, 0.3) is 0 Å². The lowest BCUT2D eigenvalue weighted by Crippen LogP contribution is -2.03. The van der Waals surface area contributed by atoms with Crippen LogP contribution >= 0.6 is 0 Å². The van der Waals surface area contributed by atoms with Gasteiger partial charge in [-0.1, -0.05) is 5.57 Å². The van der Waals surface area contributed by atoms with E-state index < -0.39 is 0 Å². The Hall–Kier alpha value is -2.50. The molecule has 6 heteroatoms. The van der Waals surface area contributed by atoms with E-state index >= 15 is 0 Å². The van der Waals surface area contributed by atoms with Gasteiger partial charge in [-0.15, -0.1) is 10.2 Å². The number of hydrazone groups is 1. The van der Waals surface area contributed by atoms with Crippen molar-refractivity contribution in [3.05, 3.63) is 42.0 Å². The van der Waals surface area contributed by atoms with Crippen molar-refractivity contribution in [3.63, 3.8) is 0 Å². The van der Waals surface area contributed by atoms with Gasteiger partial charge in [-0.25, -0.2) is 4.98 Å². The molecular weight excluding hydrogens is 252 g/mol. The molecule has 2 aromatic heterocycles. The summed E-state index contributed by atoms with van der Waals surface area (Å²) in [5, 5.41) is 12.4. The van der Waals surface area contributed by atoms with E-state index in [1.165, 1.54) is 5.57 Å². The largest absolute Gasteiger partial charge is 0.287 e. The highest BCUT2D eigenvalue weighted by Crippen LogP contribution is 2.08. The molecule has 0 aliphatic rings. The molecule has 2 aromatic rings. The third kappa shape index (κ3) is 3.50. The summed E-state index contributed by atoms with van der Waals surface area (Å²) < 4.78 is 1.87. The van der Waals surface area contributed by atoms with Crippen molar-refractivity contribution >= 4 is 11.5 Å². The second kappa shape index (κ2) is 6.10. The fraction of sp³-hybridized carbons (Fsp3) is 0.286. The van der Waals surface area contributed by atoms with Gasteiger partial charge in [-0.3, -0.25) is 9.99 Å². The molecule has 2 rings (SSSR count). The topological polar surface area (TPSA) is 68.0 Å².